The van der Waals surface area contributed by atoms with E-state index >= 15 is 35.1 Å². The molecule has 5 aromatic rings. The highest BCUT2D eigenvalue weighted by molar-refractivity contribution is 7.20. The van der Waals surface area contributed by atoms with Gasteiger partial charge in [-0.25, -0.2) is 87.8 Å². The molecule has 0 amide bonds. The predicted octanol–water partition coefficient (Wildman–Crippen LogP) is 5.61. The summed E-state index contributed by atoms with van der Waals surface area (Å²) in [4.78, 5) is 22.2. The van der Waals surface area contributed by atoms with Crippen molar-refractivity contribution in [3.05, 3.63) is 173 Å². The summed E-state index contributed by atoms with van der Waals surface area (Å²) >= 11 is 0. The van der Waals surface area contributed by atoms with Crippen molar-refractivity contribution in [3.8, 4) is 0 Å². The largest absolute Gasteiger partial charge is 0.560 e. The lowest BCUT2D eigenvalue weighted by molar-refractivity contribution is -0.690. The number of hydrogen-bond donors (Lipinski definition) is 0. The Morgan fingerprint density at radius 2 is 0.633 bits per heavy atom. The van der Waals surface area contributed by atoms with Gasteiger partial charge in [-0.3, -0.25) is 25.2 Å². The number of benzene rings is 4. The van der Waals surface area contributed by atoms with Crippen molar-refractivity contribution in [1.82, 2.24) is 4.98 Å². The summed E-state index contributed by atoms with van der Waals surface area (Å²) in [7, 11) is 0. The average Bonchev–Trinajstić information content (AvgIpc) is 3.21. The smallest absolute Gasteiger partial charge is 0.253 e. The molecule has 0 fully saturated rings. The van der Waals surface area contributed by atoms with E-state index in [1.165, 1.54) is 17.0 Å². The molecule has 0 saturated carbocycles. The Bertz CT molecular complexity index is 2260. The van der Waals surface area contributed by atoms with E-state index in [0.29, 0.717) is 0 Å². The monoisotopic (exact) mass is 890 g/mol. The van der Waals surface area contributed by atoms with Gasteiger partial charge in [0.1, 0.15) is 68.6 Å². The lowest BCUT2D eigenvalue weighted by Gasteiger charge is -2.44. The van der Waals surface area contributed by atoms with Crippen molar-refractivity contribution >= 4 is 28.0 Å². The van der Waals surface area contributed by atoms with Gasteiger partial charge in [0, 0.05) is 0 Å². The standard InChI is InChI=1S/C24BF20.C7H7N4O4/c26-5-1(6(27)14(35)21(42)13(5)34)25(2-7(28)15(36)22(43)16(37)8(2)29,3-9(30)17(38)23(44)18(39)10(3)31)4-11(32)19(40)24(45)20(41)12(4)33;12-10(13)7(11(14)15)1-4-9-5-2-8-3-6-9/h;1-3,5-6H,4H2/q-1;+1. The molecule has 5 rings (SSSR count). The SMILES string of the molecule is Fc1c(F)c(F)c([B-](c2c(F)c(F)c(F)c(F)c2F)(c2c(F)c(F)c(F)c(F)c2F)c2c(F)c(F)c(F)c(F)c2F)c(F)c1F.O=[N+]([O-])C(=CC[n+]1ccncc1)[N+](=O)[O-]. The van der Waals surface area contributed by atoms with Crippen LogP contribution in [0.15, 0.2) is 36.7 Å². The molecular weight excluding hydrogens is 883 g/mol. The minimum Gasteiger partial charge on any atom is -0.253 e. The van der Waals surface area contributed by atoms with Gasteiger partial charge in [0.15, 0.2) is 88.7 Å². The van der Waals surface area contributed by atoms with Crippen molar-refractivity contribution in [1.29, 1.82) is 0 Å². The minimum absolute atomic E-state index is 0.0554. The van der Waals surface area contributed by atoms with Crippen molar-refractivity contribution in [2.24, 2.45) is 0 Å². The Hall–Kier alpha value is -6.84. The number of nitrogens with zero attached hydrogens (tertiary/aromatic N) is 4. The van der Waals surface area contributed by atoms with Crippen molar-refractivity contribution < 1.29 is 102 Å². The zero-order valence-corrected chi connectivity index (χ0v) is 27.7. The van der Waals surface area contributed by atoms with Crippen LogP contribution >= 0.6 is 0 Å². The van der Waals surface area contributed by atoms with Gasteiger partial charge < -0.3 is 0 Å². The van der Waals surface area contributed by atoms with E-state index in [1.54, 1.807) is 12.4 Å². The summed E-state index contributed by atoms with van der Waals surface area (Å²) in [6.45, 7) is 0.0554. The summed E-state index contributed by atoms with van der Waals surface area (Å²) in [5.41, 5.74) is -14.3. The molecule has 0 aliphatic carbocycles. The molecule has 1 heterocycles. The normalized spacial score (nSPS) is 11.3. The summed E-state index contributed by atoms with van der Waals surface area (Å²) < 4.78 is 295. The maximum Gasteiger partial charge on any atom is 0.560 e. The summed E-state index contributed by atoms with van der Waals surface area (Å²) in [6, 6.07) is 0. The maximum atomic E-state index is 15.4. The lowest BCUT2D eigenvalue weighted by Crippen LogP contribution is -2.81. The van der Waals surface area contributed by atoms with Crippen LogP contribution in [0.4, 0.5) is 87.8 Å². The Kier molecular flexibility index (Phi) is 12.8. The first kappa shape index (κ1) is 45.9. The van der Waals surface area contributed by atoms with Crippen LogP contribution in [0.1, 0.15) is 0 Å². The lowest BCUT2D eigenvalue weighted by atomic mass is 9.12. The molecule has 0 aliphatic rings. The van der Waals surface area contributed by atoms with Crippen LogP contribution in [0.2, 0.25) is 0 Å². The van der Waals surface area contributed by atoms with E-state index in [9.17, 15) is 72.9 Å². The number of nitro groups is 2. The molecule has 0 bridgehead atoms. The molecule has 0 aliphatic heterocycles. The highest BCUT2D eigenvalue weighted by atomic mass is 19.2. The number of hydrogen-bond acceptors (Lipinski definition) is 5. The molecule has 29 heteroatoms. The number of aromatic nitrogens is 2. The second-order valence-electron chi connectivity index (χ2n) is 11.3. The Morgan fingerprint density at radius 3 is 0.833 bits per heavy atom. The molecule has 60 heavy (non-hydrogen) atoms. The fraction of sp³-hybridized carbons (Fsp3) is 0.0323. The van der Waals surface area contributed by atoms with Gasteiger partial charge in [-0.15, -0.1) is 21.9 Å². The van der Waals surface area contributed by atoms with Gasteiger partial charge in [-0.2, -0.15) is 4.57 Å². The molecule has 1 aromatic heterocycles. The quantitative estimate of drug-likeness (QED) is 0.0384. The van der Waals surface area contributed by atoms with E-state index in [0.717, 1.165) is 6.08 Å². The van der Waals surface area contributed by atoms with Crippen LogP contribution in [0.25, 0.3) is 0 Å². The molecule has 0 spiro atoms. The molecular formula is C31H7BF20N4O4. The fourth-order valence-electron chi connectivity index (χ4n) is 5.75. The van der Waals surface area contributed by atoms with E-state index < -0.39 is 160 Å². The average molecular weight is 890 g/mol. The van der Waals surface area contributed by atoms with Crippen LogP contribution in [0.3, 0.4) is 0 Å². The Balaban J connectivity index is 0.000000445. The van der Waals surface area contributed by atoms with Crippen molar-refractivity contribution in [3.63, 3.8) is 0 Å². The van der Waals surface area contributed by atoms with E-state index in [-0.39, 0.29) is 6.54 Å². The molecule has 0 saturated heterocycles. The number of allylic oxidation sites excluding steroid dienone is 1. The van der Waals surface area contributed by atoms with Gasteiger partial charge >= 0.3 is 5.82 Å². The zero-order chi connectivity index (χ0) is 45.6. The fourth-order valence-corrected chi connectivity index (χ4v) is 5.75. The van der Waals surface area contributed by atoms with E-state index in [1.807, 2.05) is 0 Å². The van der Waals surface area contributed by atoms with E-state index in [2.05, 4.69) is 4.98 Å². The van der Waals surface area contributed by atoms with Crippen molar-refractivity contribution in [2.45, 2.75) is 6.54 Å². The van der Waals surface area contributed by atoms with Gasteiger partial charge in [0.25, 0.3) is 0 Å². The van der Waals surface area contributed by atoms with Crippen LogP contribution in [-0.4, -0.2) is 21.0 Å². The molecule has 4 aromatic carbocycles. The van der Waals surface area contributed by atoms with Crippen LogP contribution in [0, 0.1) is 137 Å². The third-order valence-corrected chi connectivity index (χ3v) is 8.25. The predicted molar refractivity (Wildman–Crippen MR) is 156 cm³/mol. The van der Waals surface area contributed by atoms with Gasteiger partial charge in [0.05, 0.1) is 12.4 Å². The van der Waals surface area contributed by atoms with Gasteiger partial charge in [-0.1, -0.05) is 0 Å². The molecule has 8 nitrogen and oxygen atoms in total. The van der Waals surface area contributed by atoms with E-state index in [4.69, 9.17) is 0 Å². The summed E-state index contributed by atoms with van der Waals surface area (Å²) in [5, 5.41) is 20.5. The third kappa shape index (κ3) is 7.15. The van der Waals surface area contributed by atoms with Gasteiger partial charge in [-0.05, 0) is 0 Å². The van der Waals surface area contributed by atoms with Crippen LogP contribution in [-0.2, 0) is 6.54 Å². The molecule has 0 radical (unpaired) electrons. The number of rotatable bonds is 8. The first-order valence-corrected chi connectivity index (χ1v) is 14.8. The third-order valence-electron chi connectivity index (χ3n) is 8.25. The summed E-state index contributed by atoms with van der Waals surface area (Å²) in [6.07, 6.45) is -0.231. The highest BCUT2D eigenvalue weighted by Gasteiger charge is 2.52. The molecule has 318 valence electrons. The summed E-state index contributed by atoms with van der Waals surface area (Å²) in [5.74, 6) is -72.4. The molecule has 0 N–H and O–H groups in total. The number of halogens is 20. The Labute approximate surface area is 315 Å². The topological polar surface area (TPSA) is 103 Å². The first-order valence-electron chi connectivity index (χ1n) is 14.8. The maximum absolute atomic E-state index is 15.4. The minimum atomic E-state index is -7.22. The Morgan fingerprint density at radius 1 is 0.433 bits per heavy atom. The van der Waals surface area contributed by atoms with Crippen molar-refractivity contribution in [2.75, 3.05) is 0 Å². The zero-order valence-electron chi connectivity index (χ0n) is 27.7. The second kappa shape index (κ2) is 16.8. The molecule has 0 unspecified atom stereocenters. The van der Waals surface area contributed by atoms with Gasteiger partial charge in [0.2, 0.25) is 0 Å². The van der Waals surface area contributed by atoms with Crippen LogP contribution < -0.4 is 26.4 Å². The molecule has 0 atom stereocenters. The second-order valence-corrected chi connectivity index (χ2v) is 11.3. The first-order chi connectivity index (χ1) is 27.8. The highest BCUT2D eigenvalue weighted by Crippen LogP contribution is 2.30. The van der Waals surface area contributed by atoms with Crippen LogP contribution in [0.5, 0.6) is 0 Å².